The average molecular weight is 284 g/mol. The van der Waals surface area contributed by atoms with Crippen molar-refractivity contribution in [2.45, 2.75) is 0 Å². The van der Waals surface area contributed by atoms with Gasteiger partial charge in [-0.15, -0.1) is 0 Å². The second-order valence-corrected chi connectivity index (χ2v) is 4.99. The van der Waals surface area contributed by atoms with Crippen molar-refractivity contribution in [3.8, 4) is 0 Å². The molecule has 3 rings (SSSR count). The molecule has 0 amide bonds. The van der Waals surface area contributed by atoms with Crippen molar-refractivity contribution < 1.29 is 0 Å². The van der Waals surface area contributed by atoms with Gasteiger partial charge in [-0.25, -0.2) is 5.53 Å². The van der Waals surface area contributed by atoms with E-state index in [4.69, 9.17) is 5.53 Å². The van der Waals surface area contributed by atoms with Gasteiger partial charge in [-0.2, -0.15) is 5.11 Å². The van der Waals surface area contributed by atoms with E-state index in [2.05, 4.69) is 35.5 Å². The van der Waals surface area contributed by atoms with Crippen LogP contribution in [0.15, 0.2) is 90.0 Å². The molecule has 106 valence electrons. The fourth-order valence-electron chi connectivity index (χ4n) is 2.38. The molecule has 0 saturated carbocycles. The van der Waals surface area contributed by atoms with Gasteiger partial charge in [0.05, 0.1) is 5.69 Å². The quantitative estimate of drug-likeness (QED) is 0.455. The standard InChI is InChI=1S/C20H16N2/c21-22-19-13-11-18(12-14-19)20(17-9-5-2-6-10-17)15-16-7-3-1-4-8-16/h1-15,21H. The molecule has 0 aliphatic carbocycles. The minimum atomic E-state index is 0.663. The first kappa shape index (κ1) is 14.0. The molecule has 0 unspecified atom stereocenters. The first-order chi connectivity index (χ1) is 10.9. The lowest BCUT2D eigenvalue weighted by atomic mass is 9.95. The van der Waals surface area contributed by atoms with Gasteiger partial charge in [-0.1, -0.05) is 72.8 Å². The zero-order valence-electron chi connectivity index (χ0n) is 12.1. The Morgan fingerprint density at radius 2 is 1.23 bits per heavy atom. The van der Waals surface area contributed by atoms with E-state index in [9.17, 15) is 0 Å². The van der Waals surface area contributed by atoms with Crippen LogP contribution in [0.5, 0.6) is 0 Å². The largest absolute Gasteiger partial charge is 0.204 e. The Morgan fingerprint density at radius 3 is 1.82 bits per heavy atom. The van der Waals surface area contributed by atoms with Crippen molar-refractivity contribution in [1.29, 1.82) is 5.53 Å². The van der Waals surface area contributed by atoms with Gasteiger partial charge in [0, 0.05) is 0 Å². The van der Waals surface area contributed by atoms with Crippen LogP contribution in [-0.2, 0) is 0 Å². The molecule has 0 atom stereocenters. The van der Waals surface area contributed by atoms with E-state index < -0.39 is 0 Å². The first-order valence-corrected chi connectivity index (χ1v) is 7.17. The summed E-state index contributed by atoms with van der Waals surface area (Å²) in [7, 11) is 0. The van der Waals surface area contributed by atoms with Gasteiger partial charge >= 0.3 is 0 Å². The van der Waals surface area contributed by atoms with Crippen molar-refractivity contribution in [2.24, 2.45) is 5.11 Å². The number of rotatable bonds is 4. The fourth-order valence-corrected chi connectivity index (χ4v) is 2.38. The number of hydrogen-bond donors (Lipinski definition) is 1. The van der Waals surface area contributed by atoms with Crippen LogP contribution in [0, 0.1) is 5.53 Å². The minimum absolute atomic E-state index is 0.663. The predicted molar refractivity (Wildman–Crippen MR) is 91.1 cm³/mol. The molecule has 3 aromatic rings. The summed E-state index contributed by atoms with van der Waals surface area (Å²) >= 11 is 0. The minimum Gasteiger partial charge on any atom is -0.204 e. The van der Waals surface area contributed by atoms with E-state index >= 15 is 0 Å². The summed E-state index contributed by atoms with van der Waals surface area (Å²) in [5.41, 5.74) is 12.3. The maximum Gasteiger partial charge on any atom is 0.0850 e. The molecule has 0 fully saturated rings. The lowest BCUT2D eigenvalue weighted by Crippen LogP contribution is -1.88. The van der Waals surface area contributed by atoms with Crippen LogP contribution in [0.4, 0.5) is 5.69 Å². The molecule has 2 heteroatoms. The molecule has 0 aliphatic rings. The van der Waals surface area contributed by atoms with Crippen LogP contribution in [0.1, 0.15) is 16.7 Å². The Kier molecular flexibility index (Phi) is 4.21. The molecule has 2 nitrogen and oxygen atoms in total. The van der Waals surface area contributed by atoms with Crippen molar-refractivity contribution >= 4 is 17.3 Å². The van der Waals surface area contributed by atoms with E-state index in [1.54, 1.807) is 0 Å². The SMILES string of the molecule is N=Nc1ccc(C(=Cc2ccccc2)c2ccccc2)cc1. The molecule has 0 saturated heterocycles. The number of nitrogens with zero attached hydrogens (tertiary/aromatic N) is 1. The molecule has 0 radical (unpaired) electrons. The zero-order chi connectivity index (χ0) is 15.2. The molecule has 0 spiro atoms. The van der Waals surface area contributed by atoms with Gasteiger partial charge in [0.2, 0.25) is 0 Å². The maximum atomic E-state index is 7.08. The molecular weight excluding hydrogens is 268 g/mol. The molecular formula is C20H16N2. The fraction of sp³-hybridized carbons (Fsp3) is 0. The van der Waals surface area contributed by atoms with E-state index in [0.717, 1.165) is 16.7 Å². The smallest absolute Gasteiger partial charge is 0.0850 e. The van der Waals surface area contributed by atoms with Gasteiger partial charge in [-0.05, 0) is 40.5 Å². The normalized spacial score (nSPS) is 11.2. The summed E-state index contributed by atoms with van der Waals surface area (Å²) in [4.78, 5) is 0. The second-order valence-electron chi connectivity index (χ2n) is 4.99. The van der Waals surface area contributed by atoms with Crippen molar-refractivity contribution in [2.75, 3.05) is 0 Å². The van der Waals surface area contributed by atoms with Crippen LogP contribution >= 0.6 is 0 Å². The third-order valence-corrected chi connectivity index (χ3v) is 3.50. The monoisotopic (exact) mass is 284 g/mol. The molecule has 0 aromatic heterocycles. The Hall–Kier alpha value is -3.00. The third kappa shape index (κ3) is 3.18. The van der Waals surface area contributed by atoms with Gasteiger partial charge in [0.25, 0.3) is 0 Å². The number of benzene rings is 3. The second kappa shape index (κ2) is 6.64. The molecule has 0 bridgehead atoms. The maximum absolute atomic E-state index is 7.08. The van der Waals surface area contributed by atoms with Crippen LogP contribution in [-0.4, -0.2) is 0 Å². The summed E-state index contributed by atoms with van der Waals surface area (Å²) in [5, 5.41) is 3.46. The summed E-state index contributed by atoms with van der Waals surface area (Å²) in [6.45, 7) is 0. The van der Waals surface area contributed by atoms with Gasteiger partial charge in [0.1, 0.15) is 0 Å². The van der Waals surface area contributed by atoms with Gasteiger partial charge < -0.3 is 0 Å². The lowest BCUT2D eigenvalue weighted by Gasteiger charge is -2.09. The van der Waals surface area contributed by atoms with Crippen LogP contribution in [0.3, 0.4) is 0 Å². The van der Waals surface area contributed by atoms with Crippen molar-refractivity contribution in [1.82, 2.24) is 0 Å². The van der Waals surface area contributed by atoms with Crippen LogP contribution in [0.2, 0.25) is 0 Å². The van der Waals surface area contributed by atoms with Crippen LogP contribution in [0.25, 0.3) is 11.6 Å². The van der Waals surface area contributed by atoms with Crippen molar-refractivity contribution in [3.05, 3.63) is 102 Å². The summed E-state index contributed by atoms with van der Waals surface area (Å²) in [6, 6.07) is 28.4. The van der Waals surface area contributed by atoms with Gasteiger partial charge in [0.15, 0.2) is 0 Å². The van der Waals surface area contributed by atoms with E-state index in [1.807, 2.05) is 60.7 Å². The van der Waals surface area contributed by atoms with Crippen molar-refractivity contribution in [3.63, 3.8) is 0 Å². The topological polar surface area (TPSA) is 36.2 Å². The number of nitrogens with one attached hydrogen (secondary N) is 1. The molecule has 3 aromatic carbocycles. The molecule has 1 N–H and O–H groups in total. The van der Waals surface area contributed by atoms with E-state index in [1.165, 1.54) is 5.56 Å². The molecule has 0 aliphatic heterocycles. The Morgan fingerprint density at radius 1 is 0.682 bits per heavy atom. The molecule has 22 heavy (non-hydrogen) atoms. The van der Waals surface area contributed by atoms with E-state index in [-0.39, 0.29) is 0 Å². The highest BCUT2D eigenvalue weighted by Gasteiger charge is 2.05. The van der Waals surface area contributed by atoms with Gasteiger partial charge in [-0.3, -0.25) is 0 Å². The number of hydrogen-bond acceptors (Lipinski definition) is 2. The first-order valence-electron chi connectivity index (χ1n) is 7.17. The highest BCUT2D eigenvalue weighted by atomic mass is 14.9. The Labute approximate surface area is 130 Å². The highest BCUT2D eigenvalue weighted by Crippen LogP contribution is 2.27. The van der Waals surface area contributed by atoms with E-state index in [0.29, 0.717) is 5.69 Å². The highest BCUT2D eigenvalue weighted by molar-refractivity contribution is 5.91. The van der Waals surface area contributed by atoms with Crippen LogP contribution < -0.4 is 0 Å². The average Bonchev–Trinajstić information content (AvgIpc) is 2.61. The Balaban J connectivity index is 2.10. The summed E-state index contributed by atoms with van der Waals surface area (Å²) in [6.07, 6.45) is 2.18. The molecule has 0 heterocycles. The Bertz CT molecular complexity index is 773. The zero-order valence-corrected chi connectivity index (χ0v) is 12.1. The third-order valence-electron chi connectivity index (χ3n) is 3.50. The summed E-state index contributed by atoms with van der Waals surface area (Å²) < 4.78 is 0. The summed E-state index contributed by atoms with van der Waals surface area (Å²) in [5.74, 6) is 0. The predicted octanol–water partition coefficient (Wildman–Crippen LogP) is 5.94. The lowest BCUT2D eigenvalue weighted by molar-refractivity contribution is 1.15.